The number of amides is 1. The van der Waals surface area contributed by atoms with Crippen molar-refractivity contribution in [3.8, 4) is 0 Å². The van der Waals surface area contributed by atoms with Gasteiger partial charge in [0.15, 0.2) is 0 Å². The van der Waals surface area contributed by atoms with Crippen LogP contribution in [0.4, 0.5) is 10.1 Å². The van der Waals surface area contributed by atoms with E-state index in [0.29, 0.717) is 11.3 Å². The summed E-state index contributed by atoms with van der Waals surface area (Å²) in [4.78, 5) is 14.7. The number of benzene rings is 2. The molecule has 1 fully saturated rings. The van der Waals surface area contributed by atoms with E-state index in [1.165, 1.54) is 43.0 Å². The molecule has 2 aromatic carbocycles. The Morgan fingerprint density at radius 3 is 2.46 bits per heavy atom. The molecular formula is C19H20ClFN2O. The molecule has 5 heteroatoms. The Morgan fingerprint density at radius 1 is 1.08 bits per heavy atom. The first-order valence-electron chi connectivity index (χ1n) is 8.19. The van der Waals surface area contributed by atoms with Gasteiger partial charge in [-0.15, -0.1) is 0 Å². The molecule has 1 aliphatic rings. The van der Waals surface area contributed by atoms with E-state index in [2.05, 4.69) is 10.2 Å². The second-order valence-electron chi connectivity index (χ2n) is 6.12. The zero-order valence-corrected chi connectivity index (χ0v) is 14.2. The Labute approximate surface area is 146 Å². The van der Waals surface area contributed by atoms with E-state index in [0.717, 1.165) is 19.6 Å². The van der Waals surface area contributed by atoms with Gasteiger partial charge in [0.05, 0.1) is 5.02 Å². The summed E-state index contributed by atoms with van der Waals surface area (Å²) >= 11 is 5.73. The first-order chi connectivity index (χ1) is 11.6. The third-order valence-corrected chi connectivity index (χ3v) is 4.54. The maximum atomic E-state index is 13.1. The molecule has 3 rings (SSSR count). The molecule has 126 valence electrons. The summed E-state index contributed by atoms with van der Waals surface area (Å²) in [6.07, 6.45) is 3.85. The zero-order chi connectivity index (χ0) is 16.9. The van der Waals surface area contributed by atoms with Crippen LogP contribution >= 0.6 is 11.6 Å². The Kier molecular flexibility index (Phi) is 5.48. The first kappa shape index (κ1) is 16.9. The topological polar surface area (TPSA) is 32.3 Å². The molecule has 0 atom stereocenters. The van der Waals surface area contributed by atoms with Gasteiger partial charge < -0.3 is 5.32 Å². The Bertz CT molecular complexity index is 712. The summed E-state index contributed by atoms with van der Waals surface area (Å²) in [5.41, 5.74) is 2.25. The number of rotatable bonds is 4. The summed E-state index contributed by atoms with van der Waals surface area (Å²) < 4.78 is 13.1. The molecule has 0 saturated carbocycles. The fourth-order valence-corrected chi connectivity index (χ4v) is 3.09. The highest BCUT2D eigenvalue weighted by Gasteiger charge is 2.11. The number of hydrogen-bond donors (Lipinski definition) is 1. The van der Waals surface area contributed by atoms with Crippen LogP contribution in [0.15, 0.2) is 42.5 Å². The fraction of sp³-hybridized carbons (Fsp3) is 0.316. The quantitative estimate of drug-likeness (QED) is 0.869. The van der Waals surface area contributed by atoms with Crippen LogP contribution in [0, 0.1) is 5.82 Å². The van der Waals surface area contributed by atoms with Gasteiger partial charge in [0.25, 0.3) is 5.91 Å². The molecule has 0 radical (unpaired) electrons. The average Bonchev–Trinajstić information content (AvgIpc) is 2.60. The lowest BCUT2D eigenvalue weighted by molar-refractivity contribution is 0.102. The highest BCUT2D eigenvalue weighted by atomic mass is 35.5. The lowest BCUT2D eigenvalue weighted by Crippen LogP contribution is -2.29. The van der Waals surface area contributed by atoms with E-state index in [-0.39, 0.29) is 10.9 Å². The number of hydrogen-bond acceptors (Lipinski definition) is 2. The van der Waals surface area contributed by atoms with Crippen LogP contribution in [0.5, 0.6) is 0 Å². The maximum Gasteiger partial charge on any atom is 0.255 e. The number of nitrogens with one attached hydrogen (secondary N) is 1. The van der Waals surface area contributed by atoms with E-state index in [1.54, 1.807) is 0 Å². The van der Waals surface area contributed by atoms with Crippen molar-refractivity contribution in [1.82, 2.24) is 4.90 Å². The molecule has 0 bridgehead atoms. The molecule has 1 heterocycles. The molecular weight excluding hydrogens is 327 g/mol. The van der Waals surface area contributed by atoms with Crippen molar-refractivity contribution >= 4 is 23.2 Å². The minimum absolute atomic E-state index is 0.00956. The zero-order valence-electron chi connectivity index (χ0n) is 13.4. The van der Waals surface area contributed by atoms with E-state index in [9.17, 15) is 9.18 Å². The summed E-state index contributed by atoms with van der Waals surface area (Å²) in [6, 6.07) is 11.7. The van der Waals surface area contributed by atoms with Crippen LogP contribution in [0.3, 0.4) is 0 Å². The Hall–Kier alpha value is -1.91. The minimum atomic E-state index is -0.503. The molecule has 0 spiro atoms. The van der Waals surface area contributed by atoms with Gasteiger partial charge in [-0.2, -0.15) is 0 Å². The molecule has 0 unspecified atom stereocenters. The van der Waals surface area contributed by atoms with Gasteiger partial charge >= 0.3 is 0 Å². The minimum Gasteiger partial charge on any atom is -0.322 e. The van der Waals surface area contributed by atoms with Gasteiger partial charge in [0.2, 0.25) is 0 Å². The molecule has 24 heavy (non-hydrogen) atoms. The van der Waals surface area contributed by atoms with Crippen LogP contribution < -0.4 is 5.32 Å². The van der Waals surface area contributed by atoms with Crippen LogP contribution in [0.1, 0.15) is 35.2 Å². The van der Waals surface area contributed by atoms with Crippen molar-refractivity contribution in [3.63, 3.8) is 0 Å². The van der Waals surface area contributed by atoms with Crippen molar-refractivity contribution in [3.05, 3.63) is 64.4 Å². The number of nitrogens with zero attached hydrogens (tertiary/aromatic N) is 1. The third-order valence-electron chi connectivity index (χ3n) is 4.25. The second-order valence-corrected chi connectivity index (χ2v) is 6.52. The van der Waals surface area contributed by atoms with Crippen LogP contribution in [-0.4, -0.2) is 23.9 Å². The molecule has 1 aliphatic heterocycles. The molecule has 0 aromatic heterocycles. The van der Waals surface area contributed by atoms with Gasteiger partial charge in [0, 0.05) is 17.8 Å². The molecule has 1 saturated heterocycles. The van der Waals surface area contributed by atoms with Gasteiger partial charge in [-0.25, -0.2) is 4.39 Å². The molecule has 3 nitrogen and oxygen atoms in total. The Balaban J connectivity index is 1.61. The molecule has 0 aliphatic carbocycles. The SMILES string of the molecule is O=C(Nc1ccc(F)c(Cl)c1)c1ccc(CN2CCCCC2)cc1. The lowest BCUT2D eigenvalue weighted by atomic mass is 10.1. The highest BCUT2D eigenvalue weighted by Crippen LogP contribution is 2.20. The van der Waals surface area contributed by atoms with Crippen molar-refractivity contribution in [2.24, 2.45) is 0 Å². The van der Waals surface area contributed by atoms with Crippen LogP contribution in [0.2, 0.25) is 5.02 Å². The van der Waals surface area contributed by atoms with Gasteiger partial charge in [-0.1, -0.05) is 30.2 Å². The monoisotopic (exact) mass is 346 g/mol. The van der Waals surface area contributed by atoms with Crippen molar-refractivity contribution in [2.75, 3.05) is 18.4 Å². The van der Waals surface area contributed by atoms with Gasteiger partial charge in [-0.05, 0) is 61.8 Å². The molecule has 2 aromatic rings. The standard InChI is InChI=1S/C19H20ClFN2O/c20-17-12-16(8-9-18(17)21)22-19(24)15-6-4-14(5-7-15)13-23-10-2-1-3-11-23/h4-9,12H,1-3,10-11,13H2,(H,22,24). The smallest absolute Gasteiger partial charge is 0.255 e. The largest absolute Gasteiger partial charge is 0.322 e. The number of piperidine rings is 1. The van der Waals surface area contributed by atoms with Crippen molar-refractivity contribution < 1.29 is 9.18 Å². The number of carbonyl (C=O) groups excluding carboxylic acids is 1. The Morgan fingerprint density at radius 2 is 1.79 bits per heavy atom. The van der Waals surface area contributed by atoms with E-state index in [4.69, 9.17) is 11.6 Å². The number of anilines is 1. The number of likely N-dealkylation sites (tertiary alicyclic amines) is 1. The number of halogens is 2. The summed E-state index contributed by atoms with van der Waals surface area (Å²) in [7, 11) is 0. The van der Waals surface area contributed by atoms with E-state index < -0.39 is 5.82 Å². The second kappa shape index (κ2) is 7.77. The fourth-order valence-electron chi connectivity index (χ4n) is 2.91. The molecule has 1 N–H and O–H groups in total. The van der Waals surface area contributed by atoms with Crippen LogP contribution in [-0.2, 0) is 6.54 Å². The highest BCUT2D eigenvalue weighted by molar-refractivity contribution is 6.31. The average molecular weight is 347 g/mol. The summed E-state index contributed by atoms with van der Waals surface area (Å²) in [5, 5.41) is 2.72. The molecule has 1 amide bonds. The third kappa shape index (κ3) is 4.34. The van der Waals surface area contributed by atoms with Crippen LogP contribution in [0.25, 0.3) is 0 Å². The predicted octanol–water partition coefficient (Wildman–Crippen LogP) is 4.72. The first-order valence-corrected chi connectivity index (χ1v) is 8.57. The maximum absolute atomic E-state index is 13.1. The summed E-state index contributed by atoms with van der Waals surface area (Å²) in [5.74, 6) is -0.737. The lowest BCUT2D eigenvalue weighted by Gasteiger charge is -2.26. The van der Waals surface area contributed by atoms with Crippen molar-refractivity contribution in [2.45, 2.75) is 25.8 Å². The predicted molar refractivity (Wildman–Crippen MR) is 94.9 cm³/mol. The van der Waals surface area contributed by atoms with E-state index in [1.807, 2.05) is 24.3 Å². The summed E-state index contributed by atoms with van der Waals surface area (Å²) in [6.45, 7) is 3.22. The van der Waals surface area contributed by atoms with Crippen molar-refractivity contribution in [1.29, 1.82) is 0 Å². The van der Waals surface area contributed by atoms with Gasteiger partial charge in [0.1, 0.15) is 5.82 Å². The number of carbonyl (C=O) groups is 1. The van der Waals surface area contributed by atoms with E-state index >= 15 is 0 Å². The normalized spacial score (nSPS) is 15.2. The van der Waals surface area contributed by atoms with Gasteiger partial charge in [-0.3, -0.25) is 9.69 Å².